The summed E-state index contributed by atoms with van der Waals surface area (Å²) in [5, 5.41) is 16.3. The summed E-state index contributed by atoms with van der Waals surface area (Å²) in [4.78, 5) is 17.4. The predicted octanol–water partition coefficient (Wildman–Crippen LogP) is 2.79. The minimum atomic E-state index is 0.191. The number of thioether (sulfide) groups is 1. The zero-order valence-corrected chi connectivity index (χ0v) is 20.6. The van der Waals surface area contributed by atoms with Crippen LogP contribution >= 0.6 is 11.8 Å². The lowest BCUT2D eigenvalue weighted by Gasteiger charge is -2.44. The lowest BCUT2D eigenvalue weighted by Crippen LogP contribution is -2.60. The Balaban J connectivity index is 1.18. The molecule has 2 fully saturated rings. The highest BCUT2D eigenvalue weighted by atomic mass is 32.2. The number of hydrogen-bond donors (Lipinski definition) is 0. The van der Waals surface area contributed by atoms with E-state index >= 15 is 0 Å². The average molecular weight is 487 g/mol. The molecule has 0 saturated carbocycles. The van der Waals surface area contributed by atoms with Crippen molar-refractivity contribution in [3.05, 3.63) is 77.3 Å². The summed E-state index contributed by atoms with van der Waals surface area (Å²) in [7, 11) is 0. The first-order valence-corrected chi connectivity index (χ1v) is 13.2. The fraction of sp³-hybridized carbons (Fsp3) is 0.346. The summed E-state index contributed by atoms with van der Waals surface area (Å²) in [5.74, 6) is 3.09. The van der Waals surface area contributed by atoms with Gasteiger partial charge in [-0.1, -0.05) is 0 Å². The Hall–Kier alpha value is -3.32. The number of benzene rings is 1. The maximum Gasteiger partial charge on any atom is 0.256 e. The van der Waals surface area contributed by atoms with Crippen molar-refractivity contribution in [2.45, 2.75) is 6.92 Å². The highest BCUT2D eigenvalue weighted by molar-refractivity contribution is 7.99. The summed E-state index contributed by atoms with van der Waals surface area (Å²) in [6.45, 7) is 7.06. The molecule has 6 rings (SSSR count). The molecule has 9 heteroatoms. The second-order valence-corrected chi connectivity index (χ2v) is 10.4. The summed E-state index contributed by atoms with van der Waals surface area (Å²) in [5.41, 5.74) is 4.67. The van der Waals surface area contributed by atoms with Crippen LogP contribution in [-0.4, -0.2) is 81.1 Å². The van der Waals surface area contributed by atoms with Gasteiger partial charge in [-0.15, -0.1) is 16.8 Å². The molecular weight excluding hydrogens is 458 g/mol. The summed E-state index contributed by atoms with van der Waals surface area (Å²) in [6.07, 6.45) is 8.61. The van der Waals surface area contributed by atoms with Crippen molar-refractivity contribution < 1.29 is 9.39 Å². The van der Waals surface area contributed by atoms with Crippen LogP contribution in [0.15, 0.2) is 66.0 Å². The Bertz CT molecular complexity index is 1290. The van der Waals surface area contributed by atoms with Crippen molar-refractivity contribution in [3.8, 4) is 11.8 Å². The van der Waals surface area contributed by atoms with Crippen LogP contribution in [0.1, 0.15) is 11.3 Å². The van der Waals surface area contributed by atoms with E-state index in [0.29, 0.717) is 16.7 Å². The first kappa shape index (κ1) is 22.2. The topological polar surface area (TPSA) is 68.4 Å². The number of hydrogen-bond acceptors (Lipinski definition) is 6. The molecule has 178 valence electrons. The molecule has 1 atom stereocenters. The standard InChI is InChI=1S/C26H28N7OS/c1-20-15-25(32(28-20)23-6-4-21(17-27)5-7-23)29-8-10-31(11-9-29)33-13-2-3-24(33)16-22(18-33)26(34)30-12-14-35-19-30/h2-7,13,15-16H,8-12,14,18-19H2,1H3/q+1/t33-/m1/s1. The second-order valence-electron chi connectivity index (χ2n) is 9.35. The van der Waals surface area contributed by atoms with Gasteiger partial charge < -0.3 is 9.80 Å². The van der Waals surface area contributed by atoms with Gasteiger partial charge in [0.15, 0.2) is 5.70 Å². The van der Waals surface area contributed by atoms with Gasteiger partial charge >= 0.3 is 0 Å². The van der Waals surface area contributed by atoms with Crippen LogP contribution in [0.4, 0.5) is 5.82 Å². The van der Waals surface area contributed by atoms with E-state index in [1.54, 1.807) is 0 Å². The number of quaternary nitrogens is 1. The number of nitriles is 1. The third kappa shape index (κ3) is 3.78. The van der Waals surface area contributed by atoms with Crippen LogP contribution in [0.2, 0.25) is 0 Å². The van der Waals surface area contributed by atoms with E-state index in [1.807, 2.05) is 52.5 Å². The van der Waals surface area contributed by atoms with Gasteiger partial charge in [-0.25, -0.2) is 4.68 Å². The SMILES string of the molecule is Cc1cc(N2CCN([N@@+]34C=CC=C3C=C(C(=O)N3CCSC3)C4)CC2)n(-c2ccc(C#N)cc2)n1. The minimum Gasteiger partial charge on any atom is -0.353 e. The Labute approximate surface area is 209 Å². The monoisotopic (exact) mass is 486 g/mol. The van der Waals surface area contributed by atoms with Gasteiger partial charge in [0.05, 0.1) is 47.6 Å². The highest BCUT2D eigenvalue weighted by Gasteiger charge is 2.48. The lowest BCUT2D eigenvalue weighted by atomic mass is 10.2. The number of carbonyl (C=O) groups excluding carboxylic acids is 1. The van der Waals surface area contributed by atoms with E-state index in [1.165, 1.54) is 5.70 Å². The first-order chi connectivity index (χ1) is 17.1. The van der Waals surface area contributed by atoms with Gasteiger partial charge in [-0.05, 0) is 37.3 Å². The quantitative estimate of drug-likeness (QED) is 0.619. The first-order valence-electron chi connectivity index (χ1n) is 12.0. The minimum absolute atomic E-state index is 0.191. The van der Waals surface area contributed by atoms with Gasteiger partial charge in [0.2, 0.25) is 0 Å². The fourth-order valence-corrected chi connectivity index (χ4v) is 6.36. The van der Waals surface area contributed by atoms with E-state index in [9.17, 15) is 4.79 Å². The Morgan fingerprint density at radius 1 is 1.14 bits per heavy atom. The van der Waals surface area contributed by atoms with Crippen LogP contribution < -0.4 is 4.90 Å². The molecule has 0 aliphatic carbocycles. The van der Waals surface area contributed by atoms with Crippen molar-refractivity contribution in [2.75, 3.05) is 55.8 Å². The molecule has 0 radical (unpaired) electrons. The Morgan fingerprint density at radius 2 is 1.94 bits per heavy atom. The maximum absolute atomic E-state index is 13.1. The van der Waals surface area contributed by atoms with E-state index in [0.717, 1.165) is 67.1 Å². The maximum atomic E-state index is 13.1. The van der Waals surface area contributed by atoms with Crippen LogP contribution in [-0.2, 0) is 4.79 Å². The van der Waals surface area contributed by atoms with E-state index < -0.39 is 0 Å². The zero-order chi connectivity index (χ0) is 24.0. The molecule has 0 spiro atoms. The molecule has 1 amide bonds. The predicted molar refractivity (Wildman–Crippen MR) is 136 cm³/mol. The number of aryl methyl sites for hydroxylation is 1. The summed E-state index contributed by atoms with van der Waals surface area (Å²) >= 11 is 1.83. The van der Waals surface area contributed by atoms with Crippen molar-refractivity contribution in [1.29, 1.82) is 5.26 Å². The number of amides is 1. The number of rotatable bonds is 4. The number of nitrogens with zero attached hydrogens (tertiary/aromatic N) is 7. The summed E-state index contributed by atoms with van der Waals surface area (Å²) in [6, 6.07) is 11.9. The number of piperazine rings is 1. The molecule has 4 aliphatic rings. The van der Waals surface area contributed by atoms with Crippen molar-refractivity contribution in [2.24, 2.45) is 0 Å². The van der Waals surface area contributed by atoms with Gasteiger partial charge in [-0.3, -0.25) is 4.79 Å². The zero-order valence-electron chi connectivity index (χ0n) is 19.8. The average Bonchev–Trinajstić information content (AvgIpc) is 3.67. The number of aromatic nitrogens is 2. The molecule has 35 heavy (non-hydrogen) atoms. The number of allylic oxidation sites excluding steroid dienone is 3. The lowest BCUT2D eigenvalue weighted by molar-refractivity contribution is -0.948. The molecule has 1 aromatic heterocycles. The second kappa shape index (κ2) is 8.72. The molecular formula is C26H28N7OS+. The third-order valence-corrected chi connectivity index (χ3v) is 8.20. The van der Waals surface area contributed by atoms with Gasteiger partial charge in [-0.2, -0.15) is 15.0 Å². The third-order valence-electron chi connectivity index (χ3n) is 7.23. The van der Waals surface area contributed by atoms with Gasteiger partial charge in [0, 0.05) is 43.6 Å². The Morgan fingerprint density at radius 3 is 2.66 bits per heavy atom. The molecule has 2 aromatic rings. The van der Waals surface area contributed by atoms with Crippen molar-refractivity contribution >= 4 is 23.5 Å². The van der Waals surface area contributed by atoms with Crippen LogP contribution in [0.25, 0.3) is 5.69 Å². The van der Waals surface area contributed by atoms with E-state index in [4.69, 9.17) is 10.4 Å². The van der Waals surface area contributed by atoms with Crippen LogP contribution in [0, 0.1) is 18.3 Å². The highest BCUT2D eigenvalue weighted by Crippen LogP contribution is 2.38. The smallest absolute Gasteiger partial charge is 0.256 e. The Kier molecular flexibility index (Phi) is 5.52. The number of anilines is 1. The number of fused-ring (bicyclic) bond motifs is 1. The molecule has 0 N–H and O–H groups in total. The van der Waals surface area contributed by atoms with E-state index in [-0.39, 0.29) is 5.91 Å². The molecule has 4 aliphatic heterocycles. The molecule has 2 saturated heterocycles. The fourth-order valence-electron chi connectivity index (χ4n) is 5.41. The van der Waals surface area contributed by atoms with Crippen molar-refractivity contribution in [1.82, 2.24) is 19.7 Å². The summed E-state index contributed by atoms with van der Waals surface area (Å²) < 4.78 is 2.60. The number of carbonyl (C=O) groups is 1. The molecule has 0 unspecified atom stereocenters. The van der Waals surface area contributed by atoms with E-state index in [2.05, 4.69) is 46.5 Å². The van der Waals surface area contributed by atoms with Crippen LogP contribution in [0.3, 0.4) is 0 Å². The molecule has 0 bridgehead atoms. The molecule has 8 nitrogen and oxygen atoms in total. The van der Waals surface area contributed by atoms with Crippen LogP contribution in [0.5, 0.6) is 0 Å². The largest absolute Gasteiger partial charge is 0.353 e. The molecule has 1 aromatic carbocycles. The molecule has 5 heterocycles. The van der Waals surface area contributed by atoms with Crippen molar-refractivity contribution in [3.63, 3.8) is 0 Å². The van der Waals surface area contributed by atoms with Gasteiger partial charge in [0.1, 0.15) is 18.6 Å². The normalized spacial score (nSPS) is 23.9. The van der Waals surface area contributed by atoms with Gasteiger partial charge in [0.25, 0.3) is 5.91 Å².